The van der Waals surface area contributed by atoms with Crippen molar-refractivity contribution in [1.82, 2.24) is 15.3 Å². The second-order valence-corrected chi connectivity index (χ2v) is 5.36. The maximum Gasteiger partial charge on any atom is 0.0772 e. The summed E-state index contributed by atoms with van der Waals surface area (Å²) in [6, 6.07) is 12.6. The highest BCUT2D eigenvalue weighted by molar-refractivity contribution is 5.82. The number of aryl methyl sites for hydroxylation is 2. The Hall–Kier alpha value is -2.26. The van der Waals surface area contributed by atoms with Gasteiger partial charge in [-0.2, -0.15) is 0 Å². The molecule has 1 aromatic carbocycles. The zero-order chi connectivity index (χ0) is 14.8. The monoisotopic (exact) mass is 277 g/mol. The molecule has 3 aromatic rings. The molecule has 0 aliphatic heterocycles. The number of aromatic nitrogens is 2. The molecule has 0 radical (unpaired) electrons. The Kier molecular flexibility index (Phi) is 3.67. The highest BCUT2D eigenvalue weighted by Gasteiger charge is 2.18. The highest BCUT2D eigenvalue weighted by Crippen LogP contribution is 2.28. The third kappa shape index (κ3) is 2.52. The molecule has 3 rings (SSSR count). The van der Waals surface area contributed by atoms with Crippen molar-refractivity contribution in [3.05, 3.63) is 71.2 Å². The third-order valence-corrected chi connectivity index (χ3v) is 3.79. The molecule has 2 heterocycles. The summed E-state index contributed by atoms with van der Waals surface area (Å²) in [4.78, 5) is 9.20. The van der Waals surface area contributed by atoms with Crippen LogP contribution in [0.5, 0.6) is 0 Å². The molecular weight excluding hydrogens is 258 g/mol. The molecule has 2 aromatic heterocycles. The van der Waals surface area contributed by atoms with E-state index >= 15 is 0 Å². The number of nitrogens with zero attached hydrogens (tertiary/aromatic N) is 2. The van der Waals surface area contributed by atoms with Crippen molar-refractivity contribution < 1.29 is 0 Å². The Morgan fingerprint density at radius 2 is 1.86 bits per heavy atom. The van der Waals surface area contributed by atoms with E-state index in [1.165, 1.54) is 11.1 Å². The molecule has 0 saturated carbocycles. The normalized spacial score (nSPS) is 12.5. The van der Waals surface area contributed by atoms with Gasteiger partial charge in [0, 0.05) is 23.3 Å². The minimum Gasteiger partial charge on any atom is -0.308 e. The van der Waals surface area contributed by atoms with E-state index in [1.807, 2.05) is 25.5 Å². The lowest BCUT2D eigenvalue weighted by Gasteiger charge is -2.19. The summed E-state index contributed by atoms with van der Waals surface area (Å²) in [6.45, 7) is 4.18. The number of hydrogen-bond acceptors (Lipinski definition) is 3. The average Bonchev–Trinajstić information content (AvgIpc) is 2.50. The molecule has 0 aliphatic rings. The number of rotatable bonds is 3. The smallest absolute Gasteiger partial charge is 0.0772 e. The van der Waals surface area contributed by atoms with Crippen LogP contribution in [0.25, 0.3) is 10.9 Å². The maximum absolute atomic E-state index is 4.64. The maximum atomic E-state index is 4.64. The Morgan fingerprint density at radius 1 is 1.05 bits per heavy atom. The van der Waals surface area contributed by atoms with Gasteiger partial charge >= 0.3 is 0 Å². The van der Waals surface area contributed by atoms with Gasteiger partial charge in [0.25, 0.3) is 0 Å². The first-order valence-electron chi connectivity index (χ1n) is 7.15. The van der Waals surface area contributed by atoms with Crippen LogP contribution < -0.4 is 5.32 Å². The molecule has 0 saturated heterocycles. The molecule has 1 atom stereocenters. The molecular formula is C18H19N3. The molecule has 0 bridgehead atoms. The number of benzene rings is 1. The minimum atomic E-state index is 0.0456. The van der Waals surface area contributed by atoms with Crippen molar-refractivity contribution in [2.45, 2.75) is 19.9 Å². The van der Waals surface area contributed by atoms with E-state index in [4.69, 9.17) is 0 Å². The van der Waals surface area contributed by atoms with Crippen molar-refractivity contribution >= 4 is 10.9 Å². The number of hydrogen-bond donors (Lipinski definition) is 1. The topological polar surface area (TPSA) is 37.8 Å². The quantitative estimate of drug-likeness (QED) is 0.795. The van der Waals surface area contributed by atoms with Crippen molar-refractivity contribution in [3.63, 3.8) is 0 Å². The van der Waals surface area contributed by atoms with Gasteiger partial charge in [-0.05, 0) is 38.1 Å². The van der Waals surface area contributed by atoms with Crippen LogP contribution in [0.2, 0.25) is 0 Å². The van der Waals surface area contributed by atoms with Crippen LogP contribution in [0, 0.1) is 13.8 Å². The lowest BCUT2D eigenvalue weighted by atomic mass is 9.97. The molecule has 1 unspecified atom stereocenters. The second kappa shape index (κ2) is 5.62. The van der Waals surface area contributed by atoms with Crippen molar-refractivity contribution in [1.29, 1.82) is 0 Å². The summed E-state index contributed by atoms with van der Waals surface area (Å²) in [5.41, 5.74) is 5.63. The van der Waals surface area contributed by atoms with Crippen molar-refractivity contribution in [2.24, 2.45) is 0 Å². The zero-order valence-corrected chi connectivity index (χ0v) is 12.6. The summed E-state index contributed by atoms with van der Waals surface area (Å²) in [7, 11) is 1.97. The lowest BCUT2D eigenvalue weighted by molar-refractivity contribution is 0.669. The average molecular weight is 277 g/mol. The third-order valence-electron chi connectivity index (χ3n) is 3.79. The van der Waals surface area contributed by atoms with Crippen LogP contribution in [0.15, 0.2) is 48.8 Å². The molecule has 3 heteroatoms. The summed E-state index contributed by atoms with van der Waals surface area (Å²) >= 11 is 0. The van der Waals surface area contributed by atoms with Crippen LogP contribution in [-0.4, -0.2) is 17.0 Å². The van der Waals surface area contributed by atoms with Gasteiger partial charge in [0.05, 0.1) is 17.3 Å². The first kappa shape index (κ1) is 13.7. The van der Waals surface area contributed by atoms with Gasteiger partial charge in [-0.1, -0.05) is 30.3 Å². The predicted octanol–water partition coefficient (Wildman–Crippen LogP) is 3.56. The second-order valence-electron chi connectivity index (χ2n) is 5.36. The Bertz CT molecular complexity index is 775. The van der Waals surface area contributed by atoms with E-state index in [-0.39, 0.29) is 6.04 Å². The number of pyridine rings is 2. The molecule has 106 valence electrons. The molecule has 0 aliphatic carbocycles. The van der Waals surface area contributed by atoms with Crippen LogP contribution in [-0.2, 0) is 0 Å². The van der Waals surface area contributed by atoms with E-state index in [1.54, 1.807) is 0 Å². The van der Waals surface area contributed by atoms with Gasteiger partial charge in [-0.3, -0.25) is 9.97 Å². The minimum absolute atomic E-state index is 0.0456. The molecule has 0 fully saturated rings. The van der Waals surface area contributed by atoms with Crippen LogP contribution in [0.4, 0.5) is 0 Å². The lowest BCUT2D eigenvalue weighted by Crippen LogP contribution is -2.20. The Morgan fingerprint density at radius 3 is 2.62 bits per heavy atom. The van der Waals surface area contributed by atoms with Crippen molar-refractivity contribution in [2.75, 3.05) is 7.05 Å². The fourth-order valence-corrected chi connectivity index (χ4v) is 2.83. The largest absolute Gasteiger partial charge is 0.308 e. The first-order chi connectivity index (χ1) is 10.2. The SMILES string of the molecule is CNC(c1ncc(C)cc1C)c1cccc2cccnc12. The van der Waals surface area contributed by atoms with E-state index in [0.29, 0.717) is 0 Å². The van der Waals surface area contributed by atoms with Gasteiger partial charge in [0.15, 0.2) is 0 Å². The fraction of sp³-hybridized carbons (Fsp3) is 0.222. The fourth-order valence-electron chi connectivity index (χ4n) is 2.83. The Labute approximate surface area is 125 Å². The van der Waals surface area contributed by atoms with Crippen molar-refractivity contribution in [3.8, 4) is 0 Å². The van der Waals surface area contributed by atoms with Gasteiger partial charge in [0.1, 0.15) is 0 Å². The van der Waals surface area contributed by atoms with E-state index in [9.17, 15) is 0 Å². The first-order valence-corrected chi connectivity index (χ1v) is 7.15. The summed E-state index contributed by atoms with van der Waals surface area (Å²) in [5.74, 6) is 0. The standard InChI is InChI=1S/C18H19N3/c1-12-10-13(2)16(21-11-12)18(19-3)15-8-4-6-14-7-5-9-20-17(14)15/h4-11,18-19H,1-3H3. The molecule has 3 nitrogen and oxygen atoms in total. The summed E-state index contributed by atoms with van der Waals surface area (Å²) in [6.07, 6.45) is 3.76. The van der Waals surface area contributed by atoms with Crippen LogP contribution in [0.1, 0.15) is 28.4 Å². The van der Waals surface area contributed by atoms with Crippen LogP contribution >= 0.6 is 0 Å². The zero-order valence-electron chi connectivity index (χ0n) is 12.6. The van der Waals surface area contributed by atoms with E-state index in [2.05, 4.69) is 59.5 Å². The molecule has 21 heavy (non-hydrogen) atoms. The van der Waals surface area contributed by atoms with E-state index < -0.39 is 0 Å². The molecule has 1 N–H and O–H groups in total. The Balaban J connectivity index is 2.18. The number of para-hydroxylation sites is 1. The summed E-state index contributed by atoms with van der Waals surface area (Å²) < 4.78 is 0. The number of nitrogens with one attached hydrogen (secondary N) is 1. The molecule has 0 spiro atoms. The predicted molar refractivity (Wildman–Crippen MR) is 86.4 cm³/mol. The van der Waals surface area contributed by atoms with Gasteiger partial charge in [0.2, 0.25) is 0 Å². The van der Waals surface area contributed by atoms with E-state index in [0.717, 1.165) is 22.2 Å². The summed E-state index contributed by atoms with van der Waals surface area (Å²) in [5, 5.41) is 4.54. The van der Waals surface area contributed by atoms with Gasteiger partial charge < -0.3 is 5.32 Å². The van der Waals surface area contributed by atoms with Crippen LogP contribution in [0.3, 0.4) is 0 Å². The number of fused-ring (bicyclic) bond motifs is 1. The highest BCUT2D eigenvalue weighted by atomic mass is 14.9. The van der Waals surface area contributed by atoms with Gasteiger partial charge in [-0.25, -0.2) is 0 Å². The van der Waals surface area contributed by atoms with Gasteiger partial charge in [-0.15, -0.1) is 0 Å². The molecule has 0 amide bonds.